The number of ether oxygens (including phenoxy) is 1. The number of hydrogen-bond acceptors (Lipinski definition) is 7. The average molecular weight is 445 g/mol. The lowest BCUT2D eigenvalue weighted by Crippen LogP contribution is -2.65. The summed E-state index contributed by atoms with van der Waals surface area (Å²) in [5.41, 5.74) is 0.119. The summed E-state index contributed by atoms with van der Waals surface area (Å²) in [6.45, 7) is 2.97. The fourth-order valence-electron chi connectivity index (χ4n) is 4.11. The molecule has 0 aliphatic carbocycles. The zero-order valence-corrected chi connectivity index (χ0v) is 17.7. The van der Waals surface area contributed by atoms with Gasteiger partial charge in [-0.1, -0.05) is 0 Å². The summed E-state index contributed by atoms with van der Waals surface area (Å²) in [6, 6.07) is -1.79. The zero-order chi connectivity index (χ0) is 22.5. The number of nitrogens with one attached hydrogen (secondary N) is 2. The maximum Gasteiger partial charge on any atom is 0.320 e. The van der Waals surface area contributed by atoms with Crippen LogP contribution in [0, 0.1) is 0 Å². The number of carbonyl (C=O) groups excluding carboxylic acids is 4. The molecule has 12 heteroatoms. The van der Waals surface area contributed by atoms with Gasteiger partial charge in [0.05, 0.1) is 26.0 Å². The van der Waals surface area contributed by atoms with Crippen LogP contribution < -0.4 is 10.6 Å². The van der Waals surface area contributed by atoms with Crippen LogP contribution in [0.1, 0.15) is 23.3 Å². The Morgan fingerprint density at radius 1 is 1.09 bits per heavy atom. The molecule has 0 spiro atoms. The van der Waals surface area contributed by atoms with Crippen molar-refractivity contribution in [1.82, 2.24) is 35.3 Å². The zero-order valence-electron chi connectivity index (χ0n) is 17.7. The minimum atomic E-state index is -0.946. The fourth-order valence-corrected chi connectivity index (χ4v) is 4.11. The Hall–Kier alpha value is -3.28. The predicted octanol–water partition coefficient (Wildman–Crippen LogP) is -1.55. The molecular formula is C20H27N7O5. The normalized spacial score (nSPS) is 24.0. The highest BCUT2D eigenvalue weighted by atomic mass is 16.5. The Morgan fingerprint density at radius 3 is 2.62 bits per heavy atom. The van der Waals surface area contributed by atoms with Crippen LogP contribution in [0.3, 0.4) is 0 Å². The molecular weight excluding hydrogens is 418 g/mol. The van der Waals surface area contributed by atoms with Gasteiger partial charge < -0.3 is 30.1 Å². The molecule has 1 aromatic rings. The highest BCUT2D eigenvalue weighted by Gasteiger charge is 2.40. The fraction of sp³-hybridized carbons (Fsp3) is 0.600. The Morgan fingerprint density at radius 2 is 1.91 bits per heavy atom. The topological polar surface area (TPSA) is 137 Å². The van der Waals surface area contributed by atoms with E-state index in [1.807, 2.05) is 0 Å². The van der Waals surface area contributed by atoms with Gasteiger partial charge in [0.25, 0.3) is 5.91 Å². The van der Waals surface area contributed by atoms with Crippen molar-refractivity contribution in [2.24, 2.45) is 0 Å². The summed E-state index contributed by atoms with van der Waals surface area (Å²) >= 11 is 0. The van der Waals surface area contributed by atoms with Crippen molar-refractivity contribution >= 4 is 23.8 Å². The van der Waals surface area contributed by atoms with Crippen LogP contribution >= 0.6 is 0 Å². The lowest BCUT2D eigenvalue weighted by Gasteiger charge is -2.42. The molecule has 2 atom stereocenters. The lowest BCUT2D eigenvalue weighted by atomic mass is 10.0. The molecule has 172 valence electrons. The van der Waals surface area contributed by atoms with Crippen LogP contribution in [0.25, 0.3) is 0 Å². The van der Waals surface area contributed by atoms with Crippen LogP contribution in [0.5, 0.6) is 0 Å². The van der Waals surface area contributed by atoms with E-state index < -0.39 is 23.9 Å². The van der Waals surface area contributed by atoms with Crippen molar-refractivity contribution < 1.29 is 23.9 Å². The minimum Gasteiger partial charge on any atom is -0.378 e. The number of aromatic nitrogens is 2. The molecule has 4 rings (SSSR count). The van der Waals surface area contributed by atoms with Gasteiger partial charge in [0.2, 0.25) is 11.8 Å². The predicted molar refractivity (Wildman–Crippen MR) is 110 cm³/mol. The lowest BCUT2D eigenvalue weighted by molar-refractivity contribution is -0.133. The molecule has 5 amide bonds. The molecule has 0 bridgehead atoms. The number of piperidine rings is 1. The van der Waals surface area contributed by atoms with Gasteiger partial charge in [0, 0.05) is 45.1 Å². The number of piperazine rings is 1. The highest BCUT2D eigenvalue weighted by molar-refractivity contribution is 5.97. The van der Waals surface area contributed by atoms with E-state index in [0.717, 1.165) is 6.42 Å². The number of carbonyl (C=O) groups is 4. The second kappa shape index (κ2) is 9.90. The first kappa shape index (κ1) is 21.9. The summed E-state index contributed by atoms with van der Waals surface area (Å²) in [4.78, 5) is 64.1. The first-order valence-corrected chi connectivity index (χ1v) is 10.8. The average Bonchev–Trinajstić information content (AvgIpc) is 2.85. The van der Waals surface area contributed by atoms with E-state index >= 15 is 0 Å². The van der Waals surface area contributed by atoms with Crippen molar-refractivity contribution in [1.29, 1.82) is 0 Å². The monoisotopic (exact) mass is 445 g/mol. The summed E-state index contributed by atoms with van der Waals surface area (Å²) in [5, 5.41) is 5.50. The maximum atomic E-state index is 13.2. The van der Waals surface area contributed by atoms with Crippen LogP contribution in [0.15, 0.2) is 18.6 Å². The molecule has 12 nitrogen and oxygen atoms in total. The number of morpholine rings is 1. The van der Waals surface area contributed by atoms with Gasteiger partial charge in [-0.25, -0.2) is 9.78 Å². The number of hydrogen-bond donors (Lipinski definition) is 2. The van der Waals surface area contributed by atoms with E-state index in [1.54, 1.807) is 9.80 Å². The first-order valence-electron chi connectivity index (χ1n) is 10.8. The smallest absolute Gasteiger partial charge is 0.320 e. The van der Waals surface area contributed by atoms with Crippen LogP contribution in [0.4, 0.5) is 4.79 Å². The van der Waals surface area contributed by atoms with Crippen molar-refractivity contribution in [2.75, 3.05) is 52.5 Å². The molecule has 3 saturated heterocycles. The Balaban J connectivity index is 1.51. The Bertz CT molecular complexity index is 861. The molecule has 1 aromatic heterocycles. The Labute approximate surface area is 185 Å². The SMILES string of the molecule is O=C1NCCC[C@H]1NC(=O)[C@@H]1CN(C(=O)N2CCOCC2)CCN1C(=O)c1cnccn1. The summed E-state index contributed by atoms with van der Waals surface area (Å²) in [5.74, 6) is -1.15. The van der Waals surface area contributed by atoms with Crippen molar-refractivity contribution in [2.45, 2.75) is 24.9 Å². The minimum absolute atomic E-state index is 0.0301. The number of nitrogens with zero attached hydrogens (tertiary/aromatic N) is 5. The van der Waals surface area contributed by atoms with E-state index in [2.05, 4.69) is 20.6 Å². The highest BCUT2D eigenvalue weighted by Crippen LogP contribution is 2.17. The largest absolute Gasteiger partial charge is 0.378 e. The first-order chi connectivity index (χ1) is 15.5. The molecule has 3 aliphatic rings. The van der Waals surface area contributed by atoms with Crippen molar-refractivity contribution in [3.63, 3.8) is 0 Å². The van der Waals surface area contributed by atoms with Gasteiger partial charge in [-0.15, -0.1) is 0 Å². The van der Waals surface area contributed by atoms with Crippen LogP contribution in [-0.2, 0) is 14.3 Å². The van der Waals surface area contributed by atoms with Gasteiger partial charge in [0.15, 0.2) is 0 Å². The number of rotatable bonds is 3. The third-order valence-corrected chi connectivity index (χ3v) is 5.88. The number of urea groups is 1. The molecule has 0 saturated carbocycles. The summed E-state index contributed by atoms with van der Waals surface area (Å²) < 4.78 is 5.31. The second-order valence-corrected chi connectivity index (χ2v) is 7.93. The third-order valence-electron chi connectivity index (χ3n) is 5.88. The Kier molecular flexibility index (Phi) is 6.78. The van der Waals surface area contributed by atoms with Crippen molar-refractivity contribution in [3.05, 3.63) is 24.3 Å². The molecule has 3 aliphatic heterocycles. The third kappa shape index (κ3) is 4.79. The van der Waals surface area contributed by atoms with E-state index in [4.69, 9.17) is 4.74 Å². The second-order valence-electron chi connectivity index (χ2n) is 7.93. The van der Waals surface area contributed by atoms with Gasteiger partial charge in [-0.05, 0) is 12.8 Å². The molecule has 32 heavy (non-hydrogen) atoms. The van der Waals surface area contributed by atoms with Crippen LogP contribution in [0.2, 0.25) is 0 Å². The molecule has 4 heterocycles. The van der Waals surface area contributed by atoms with E-state index in [0.29, 0.717) is 39.3 Å². The van der Waals surface area contributed by atoms with Gasteiger partial charge in [-0.3, -0.25) is 19.4 Å². The maximum absolute atomic E-state index is 13.2. The van der Waals surface area contributed by atoms with Gasteiger partial charge >= 0.3 is 6.03 Å². The summed E-state index contributed by atoms with van der Waals surface area (Å²) in [6.07, 6.45) is 5.50. The standard InChI is InChI=1S/C20H27N7O5/c28-17-14(2-1-3-23-17)24-18(29)16-13-26(20(31)25-8-10-32-11-9-25)6-7-27(16)19(30)15-12-21-4-5-22-15/h4-5,12,14,16H,1-3,6-11,13H2,(H,23,28)(H,24,29)/t14-,16+/m1/s1. The number of amides is 5. The molecule has 2 N–H and O–H groups in total. The van der Waals surface area contributed by atoms with Crippen LogP contribution in [-0.4, -0.2) is 113 Å². The quantitative estimate of drug-likeness (QED) is 0.575. The van der Waals surface area contributed by atoms with E-state index in [1.165, 1.54) is 23.5 Å². The van der Waals surface area contributed by atoms with E-state index in [-0.39, 0.29) is 37.3 Å². The molecule has 0 aromatic carbocycles. The molecule has 0 unspecified atom stereocenters. The molecule has 3 fully saturated rings. The van der Waals surface area contributed by atoms with Gasteiger partial charge in [-0.2, -0.15) is 0 Å². The van der Waals surface area contributed by atoms with E-state index in [9.17, 15) is 19.2 Å². The van der Waals surface area contributed by atoms with Crippen molar-refractivity contribution in [3.8, 4) is 0 Å². The van der Waals surface area contributed by atoms with Gasteiger partial charge in [0.1, 0.15) is 17.8 Å². The summed E-state index contributed by atoms with van der Waals surface area (Å²) in [7, 11) is 0. The molecule has 0 radical (unpaired) electrons.